The van der Waals surface area contributed by atoms with Gasteiger partial charge in [0.1, 0.15) is 5.82 Å². The van der Waals surface area contributed by atoms with Crippen LogP contribution in [0.5, 0.6) is 0 Å². The van der Waals surface area contributed by atoms with Gasteiger partial charge < -0.3 is 5.73 Å². The topological polar surface area (TPSA) is 43.8 Å². The Bertz CT molecular complexity index is 563. The summed E-state index contributed by atoms with van der Waals surface area (Å²) in [7, 11) is 1.79. The van der Waals surface area contributed by atoms with Crippen LogP contribution in [0.4, 0.5) is 4.39 Å². The molecule has 0 spiro atoms. The lowest BCUT2D eigenvalue weighted by molar-refractivity contribution is 0.631. The zero-order valence-corrected chi connectivity index (χ0v) is 10.4. The van der Waals surface area contributed by atoms with Crippen molar-refractivity contribution in [1.29, 1.82) is 0 Å². The van der Waals surface area contributed by atoms with Gasteiger partial charge in [-0.1, -0.05) is 11.6 Å². The number of hydrogen-bond acceptors (Lipinski definition) is 2. The molecule has 1 aromatic heterocycles. The van der Waals surface area contributed by atoms with E-state index in [9.17, 15) is 4.39 Å². The Kier molecular flexibility index (Phi) is 3.17. The van der Waals surface area contributed by atoms with Crippen LogP contribution in [0.2, 0.25) is 5.02 Å². The van der Waals surface area contributed by atoms with E-state index in [4.69, 9.17) is 17.3 Å². The average Bonchev–Trinajstić information content (AvgIpc) is 2.56. The number of nitrogens with two attached hydrogens (primary N) is 1. The van der Waals surface area contributed by atoms with Crippen molar-refractivity contribution in [3.8, 4) is 11.1 Å². The van der Waals surface area contributed by atoms with Crippen LogP contribution in [0.1, 0.15) is 11.4 Å². The van der Waals surface area contributed by atoms with Crippen LogP contribution in [0.15, 0.2) is 18.2 Å². The van der Waals surface area contributed by atoms with Gasteiger partial charge in [-0.15, -0.1) is 0 Å². The number of aromatic nitrogens is 2. The maximum absolute atomic E-state index is 13.8. The quantitative estimate of drug-likeness (QED) is 0.894. The van der Waals surface area contributed by atoms with Crippen LogP contribution >= 0.6 is 11.6 Å². The van der Waals surface area contributed by atoms with E-state index in [1.807, 2.05) is 6.92 Å². The third kappa shape index (κ3) is 2.06. The summed E-state index contributed by atoms with van der Waals surface area (Å²) in [6.07, 6.45) is 0. The number of hydrogen-bond donors (Lipinski definition) is 1. The highest BCUT2D eigenvalue weighted by Gasteiger charge is 2.17. The highest BCUT2D eigenvalue weighted by atomic mass is 35.5. The van der Waals surface area contributed by atoms with Crippen molar-refractivity contribution < 1.29 is 4.39 Å². The van der Waals surface area contributed by atoms with E-state index in [1.165, 1.54) is 12.1 Å². The van der Waals surface area contributed by atoms with E-state index in [2.05, 4.69) is 5.10 Å². The second-order valence-electron chi connectivity index (χ2n) is 3.86. The maximum Gasteiger partial charge on any atom is 0.131 e. The fourth-order valence-electron chi connectivity index (χ4n) is 1.98. The standard InChI is InChI=1S/C12H13ClFN3/c1-7-12(11(6-15)17(2)16-7)9-5-8(13)3-4-10(9)14/h3-5H,6,15H2,1-2H3. The molecule has 0 atom stereocenters. The molecule has 0 radical (unpaired) electrons. The molecule has 0 amide bonds. The molecular weight excluding hydrogens is 241 g/mol. The molecule has 0 aliphatic rings. The van der Waals surface area contributed by atoms with Gasteiger partial charge in [0, 0.05) is 29.7 Å². The van der Waals surface area contributed by atoms with Crippen molar-refractivity contribution in [2.45, 2.75) is 13.5 Å². The Labute approximate surface area is 104 Å². The van der Waals surface area contributed by atoms with E-state index in [-0.39, 0.29) is 5.82 Å². The van der Waals surface area contributed by atoms with Crippen LogP contribution < -0.4 is 5.73 Å². The largest absolute Gasteiger partial charge is 0.325 e. The molecule has 0 saturated carbocycles. The highest BCUT2D eigenvalue weighted by Crippen LogP contribution is 2.31. The van der Waals surface area contributed by atoms with E-state index < -0.39 is 0 Å². The molecular formula is C12H13ClFN3. The van der Waals surface area contributed by atoms with Gasteiger partial charge in [-0.2, -0.15) is 5.10 Å². The monoisotopic (exact) mass is 253 g/mol. The summed E-state index contributed by atoms with van der Waals surface area (Å²) in [5.74, 6) is -0.319. The molecule has 5 heteroatoms. The fourth-order valence-corrected chi connectivity index (χ4v) is 2.15. The van der Waals surface area contributed by atoms with Gasteiger partial charge in [-0.3, -0.25) is 4.68 Å². The number of halogens is 2. The lowest BCUT2D eigenvalue weighted by Gasteiger charge is -2.06. The van der Waals surface area contributed by atoms with Crippen LogP contribution in [0, 0.1) is 12.7 Å². The van der Waals surface area contributed by atoms with Gasteiger partial charge in [-0.25, -0.2) is 4.39 Å². The average molecular weight is 254 g/mol. The summed E-state index contributed by atoms with van der Waals surface area (Å²) in [5.41, 5.74) is 8.39. The zero-order valence-electron chi connectivity index (χ0n) is 9.67. The van der Waals surface area contributed by atoms with Crippen molar-refractivity contribution >= 4 is 11.6 Å². The molecule has 1 heterocycles. The summed E-state index contributed by atoms with van der Waals surface area (Å²) in [5, 5.41) is 4.75. The molecule has 90 valence electrons. The summed E-state index contributed by atoms with van der Waals surface area (Å²) >= 11 is 5.90. The molecule has 2 N–H and O–H groups in total. The predicted octanol–water partition coefficient (Wildman–Crippen LogP) is 2.65. The van der Waals surface area contributed by atoms with Crippen molar-refractivity contribution in [3.05, 3.63) is 40.4 Å². The van der Waals surface area contributed by atoms with Crippen LogP contribution in [-0.4, -0.2) is 9.78 Å². The van der Waals surface area contributed by atoms with Crippen molar-refractivity contribution in [2.24, 2.45) is 12.8 Å². The third-order valence-corrected chi connectivity index (χ3v) is 2.97. The first-order chi connectivity index (χ1) is 8.04. The second kappa shape index (κ2) is 4.47. The number of benzene rings is 1. The Morgan fingerprint density at radius 2 is 2.18 bits per heavy atom. The summed E-state index contributed by atoms with van der Waals surface area (Å²) in [6, 6.07) is 4.47. The Morgan fingerprint density at radius 1 is 1.47 bits per heavy atom. The molecule has 0 bridgehead atoms. The number of aryl methyl sites for hydroxylation is 2. The van der Waals surface area contributed by atoms with Gasteiger partial charge in [0.05, 0.1) is 11.4 Å². The van der Waals surface area contributed by atoms with Gasteiger partial charge in [0.15, 0.2) is 0 Å². The smallest absolute Gasteiger partial charge is 0.131 e. The minimum Gasteiger partial charge on any atom is -0.325 e. The molecule has 2 aromatic rings. The summed E-state index contributed by atoms with van der Waals surface area (Å²) in [6.45, 7) is 2.13. The lowest BCUT2D eigenvalue weighted by atomic mass is 10.0. The molecule has 0 unspecified atom stereocenters. The molecule has 3 nitrogen and oxygen atoms in total. The van der Waals surface area contributed by atoms with Crippen LogP contribution in [0.3, 0.4) is 0 Å². The van der Waals surface area contributed by atoms with Crippen molar-refractivity contribution in [2.75, 3.05) is 0 Å². The molecule has 0 fully saturated rings. The molecule has 0 saturated heterocycles. The van der Waals surface area contributed by atoms with Crippen molar-refractivity contribution in [1.82, 2.24) is 9.78 Å². The van der Waals surface area contributed by atoms with Gasteiger partial charge in [-0.05, 0) is 25.1 Å². The zero-order chi connectivity index (χ0) is 12.6. The van der Waals surface area contributed by atoms with Crippen LogP contribution in [-0.2, 0) is 13.6 Å². The van der Waals surface area contributed by atoms with E-state index in [1.54, 1.807) is 17.8 Å². The first kappa shape index (κ1) is 12.1. The highest BCUT2D eigenvalue weighted by molar-refractivity contribution is 6.30. The van der Waals surface area contributed by atoms with E-state index in [0.717, 1.165) is 17.0 Å². The summed E-state index contributed by atoms with van der Waals surface area (Å²) in [4.78, 5) is 0. The second-order valence-corrected chi connectivity index (χ2v) is 4.30. The Balaban J connectivity index is 2.71. The van der Waals surface area contributed by atoms with Crippen molar-refractivity contribution in [3.63, 3.8) is 0 Å². The molecule has 2 rings (SSSR count). The molecule has 1 aromatic carbocycles. The Hall–Kier alpha value is -1.39. The Morgan fingerprint density at radius 3 is 2.82 bits per heavy atom. The first-order valence-electron chi connectivity index (χ1n) is 5.22. The number of nitrogens with zero attached hydrogens (tertiary/aromatic N) is 2. The molecule has 17 heavy (non-hydrogen) atoms. The normalized spacial score (nSPS) is 10.9. The van der Waals surface area contributed by atoms with E-state index >= 15 is 0 Å². The third-order valence-electron chi connectivity index (χ3n) is 2.73. The maximum atomic E-state index is 13.8. The number of rotatable bonds is 2. The lowest BCUT2D eigenvalue weighted by Crippen LogP contribution is -2.05. The fraction of sp³-hybridized carbons (Fsp3) is 0.250. The van der Waals surface area contributed by atoms with Crippen LogP contribution in [0.25, 0.3) is 11.1 Å². The minimum atomic E-state index is -0.319. The molecule has 0 aliphatic heterocycles. The predicted molar refractivity (Wildman–Crippen MR) is 66.2 cm³/mol. The van der Waals surface area contributed by atoms with E-state index in [0.29, 0.717) is 17.1 Å². The summed E-state index contributed by atoms with van der Waals surface area (Å²) < 4.78 is 15.5. The van der Waals surface area contributed by atoms with Gasteiger partial charge in [0.2, 0.25) is 0 Å². The SMILES string of the molecule is Cc1nn(C)c(CN)c1-c1cc(Cl)ccc1F. The van der Waals surface area contributed by atoms with Gasteiger partial charge in [0.25, 0.3) is 0 Å². The molecule has 0 aliphatic carbocycles. The first-order valence-corrected chi connectivity index (χ1v) is 5.60. The van der Waals surface area contributed by atoms with Gasteiger partial charge >= 0.3 is 0 Å². The minimum absolute atomic E-state index is 0.304.